The van der Waals surface area contributed by atoms with Crippen molar-refractivity contribution in [3.63, 3.8) is 0 Å². The summed E-state index contributed by atoms with van der Waals surface area (Å²) in [5.74, 6) is -0.438. The van der Waals surface area contributed by atoms with Crippen LogP contribution < -0.4 is 5.32 Å². The van der Waals surface area contributed by atoms with Crippen LogP contribution in [0.15, 0.2) is 48.5 Å². The van der Waals surface area contributed by atoms with Gasteiger partial charge in [-0.15, -0.1) is 0 Å². The molecule has 1 atom stereocenters. The lowest BCUT2D eigenvalue weighted by atomic mass is 9.99. The smallest absolute Gasteiger partial charge is 0.244 e. The minimum atomic E-state index is -0.285. The van der Waals surface area contributed by atoms with Crippen molar-refractivity contribution < 1.29 is 9.18 Å². The summed E-state index contributed by atoms with van der Waals surface area (Å²) < 4.78 is 12.8. The molecule has 1 unspecified atom stereocenters. The van der Waals surface area contributed by atoms with Gasteiger partial charge in [0.25, 0.3) is 0 Å². The molecule has 0 heterocycles. The highest BCUT2D eigenvalue weighted by atomic mass is 19.1. The zero-order chi connectivity index (χ0) is 16.8. The molecule has 1 N–H and O–H groups in total. The predicted octanol–water partition coefficient (Wildman–Crippen LogP) is 4.72. The van der Waals surface area contributed by atoms with E-state index in [9.17, 15) is 9.18 Å². The maximum atomic E-state index is 12.8. The van der Waals surface area contributed by atoms with Crippen molar-refractivity contribution in [2.75, 3.05) is 0 Å². The van der Waals surface area contributed by atoms with E-state index in [0.29, 0.717) is 0 Å². The molecule has 0 bridgehead atoms. The lowest BCUT2D eigenvalue weighted by Crippen LogP contribution is -2.26. The summed E-state index contributed by atoms with van der Waals surface area (Å²) in [5.41, 5.74) is 4.36. The van der Waals surface area contributed by atoms with Crippen LogP contribution in [0, 0.1) is 19.7 Å². The van der Waals surface area contributed by atoms with Crippen LogP contribution in [0.3, 0.4) is 0 Å². The van der Waals surface area contributed by atoms with Crippen molar-refractivity contribution in [1.29, 1.82) is 0 Å². The Bertz CT molecular complexity index is 704. The van der Waals surface area contributed by atoms with E-state index in [1.165, 1.54) is 29.3 Å². The number of halogens is 1. The monoisotopic (exact) mass is 311 g/mol. The average Bonchev–Trinajstić information content (AvgIpc) is 2.55. The van der Waals surface area contributed by atoms with Gasteiger partial charge in [-0.25, -0.2) is 4.39 Å². The Morgan fingerprint density at radius 1 is 1.13 bits per heavy atom. The molecule has 0 saturated heterocycles. The molecule has 2 aromatic rings. The summed E-state index contributed by atoms with van der Waals surface area (Å²) in [5, 5.41) is 3.01. The van der Waals surface area contributed by atoms with Crippen LogP contribution in [0.5, 0.6) is 0 Å². The van der Waals surface area contributed by atoms with Crippen LogP contribution >= 0.6 is 0 Å². The summed E-state index contributed by atoms with van der Waals surface area (Å²) >= 11 is 0. The van der Waals surface area contributed by atoms with Gasteiger partial charge in [0.1, 0.15) is 5.82 Å². The van der Waals surface area contributed by atoms with Crippen molar-refractivity contribution in [2.45, 2.75) is 33.2 Å². The third-order valence-electron chi connectivity index (χ3n) is 3.96. The van der Waals surface area contributed by atoms with Gasteiger partial charge in [0, 0.05) is 6.08 Å². The molecule has 120 valence electrons. The molecule has 1 amide bonds. The first-order valence-corrected chi connectivity index (χ1v) is 7.81. The largest absolute Gasteiger partial charge is 0.346 e. The normalized spacial score (nSPS) is 12.3. The highest BCUT2D eigenvalue weighted by Crippen LogP contribution is 2.19. The van der Waals surface area contributed by atoms with E-state index in [1.54, 1.807) is 18.2 Å². The van der Waals surface area contributed by atoms with Gasteiger partial charge in [0.2, 0.25) is 5.91 Å². The highest BCUT2D eigenvalue weighted by Gasteiger charge is 2.11. The number of carbonyl (C=O) groups is 1. The average molecular weight is 311 g/mol. The number of carbonyl (C=O) groups excluding carboxylic acids is 1. The maximum absolute atomic E-state index is 12.8. The topological polar surface area (TPSA) is 29.1 Å². The number of benzene rings is 2. The maximum Gasteiger partial charge on any atom is 0.244 e. The van der Waals surface area contributed by atoms with E-state index in [-0.39, 0.29) is 17.8 Å². The van der Waals surface area contributed by atoms with E-state index in [4.69, 9.17) is 0 Å². The fraction of sp³-hybridized carbons (Fsp3) is 0.250. The molecule has 3 heteroatoms. The number of hydrogen-bond acceptors (Lipinski definition) is 1. The van der Waals surface area contributed by atoms with Gasteiger partial charge in [0.05, 0.1) is 6.04 Å². The third-order valence-corrected chi connectivity index (χ3v) is 3.96. The van der Waals surface area contributed by atoms with Gasteiger partial charge in [-0.2, -0.15) is 0 Å². The van der Waals surface area contributed by atoms with Crippen molar-refractivity contribution in [1.82, 2.24) is 5.32 Å². The summed E-state index contributed by atoms with van der Waals surface area (Å²) in [6.45, 7) is 6.19. The van der Waals surface area contributed by atoms with Crippen molar-refractivity contribution in [3.8, 4) is 0 Å². The Balaban J connectivity index is 2.04. The minimum absolute atomic E-state index is 0.0142. The van der Waals surface area contributed by atoms with Gasteiger partial charge in [-0.05, 0) is 60.7 Å². The second kappa shape index (κ2) is 7.73. The molecule has 0 aliphatic rings. The number of nitrogens with one attached hydrogen (secondary N) is 1. The van der Waals surface area contributed by atoms with Crippen molar-refractivity contribution in [2.24, 2.45) is 0 Å². The second-order valence-corrected chi connectivity index (χ2v) is 5.70. The summed E-state index contributed by atoms with van der Waals surface area (Å²) in [6.07, 6.45) is 3.98. The van der Waals surface area contributed by atoms with E-state index in [1.807, 2.05) is 6.92 Å². The standard InChI is InChI=1S/C20H22FNO/c1-4-19(17-9-5-14(2)15(3)13-17)22-20(23)12-8-16-6-10-18(21)11-7-16/h5-13,19H,4H2,1-3H3,(H,22,23)/b12-8+. The van der Waals surface area contributed by atoms with Crippen LogP contribution in [0.25, 0.3) is 6.08 Å². The number of amides is 1. The summed E-state index contributed by atoms with van der Waals surface area (Å²) in [4.78, 5) is 12.1. The first kappa shape index (κ1) is 16.9. The zero-order valence-electron chi connectivity index (χ0n) is 13.8. The van der Waals surface area contributed by atoms with Gasteiger partial charge in [-0.1, -0.05) is 37.3 Å². The molecule has 0 fully saturated rings. The highest BCUT2D eigenvalue weighted by molar-refractivity contribution is 5.92. The molecular formula is C20H22FNO. The molecule has 2 rings (SSSR count). The molecular weight excluding hydrogens is 289 g/mol. The summed E-state index contributed by atoms with van der Waals surface area (Å²) in [7, 11) is 0. The number of aryl methyl sites for hydroxylation is 2. The Morgan fingerprint density at radius 2 is 1.83 bits per heavy atom. The Kier molecular flexibility index (Phi) is 5.69. The van der Waals surface area contributed by atoms with Crippen LogP contribution in [0.1, 0.15) is 41.6 Å². The first-order chi connectivity index (χ1) is 11.0. The molecule has 23 heavy (non-hydrogen) atoms. The van der Waals surface area contributed by atoms with Gasteiger partial charge < -0.3 is 5.32 Å². The van der Waals surface area contributed by atoms with Crippen molar-refractivity contribution >= 4 is 12.0 Å². The predicted molar refractivity (Wildman–Crippen MR) is 92.5 cm³/mol. The van der Waals surface area contributed by atoms with E-state index in [2.05, 4.69) is 37.4 Å². The van der Waals surface area contributed by atoms with Gasteiger partial charge in [-0.3, -0.25) is 4.79 Å². The first-order valence-electron chi connectivity index (χ1n) is 7.81. The molecule has 0 aromatic heterocycles. The Hall–Kier alpha value is -2.42. The fourth-order valence-electron chi connectivity index (χ4n) is 2.37. The van der Waals surface area contributed by atoms with Crippen LogP contribution in [0.4, 0.5) is 4.39 Å². The quantitative estimate of drug-likeness (QED) is 0.795. The number of hydrogen-bond donors (Lipinski definition) is 1. The Labute approximate surface area is 137 Å². The zero-order valence-corrected chi connectivity index (χ0v) is 13.8. The van der Waals surface area contributed by atoms with E-state index in [0.717, 1.165) is 17.5 Å². The lowest BCUT2D eigenvalue weighted by molar-refractivity contribution is -0.117. The molecule has 0 saturated carbocycles. The van der Waals surface area contributed by atoms with Crippen LogP contribution in [-0.2, 0) is 4.79 Å². The molecule has 0 radical (unpaired) electrons. The second-order valence-electron chi connectivity index (χ2n) is 5.70. The minimum Gasteiger partial charge on any atom is -0.346 e. The van der Waals surface area contributed by atoms with Crippen molar-refractivity contribution in [3.05, 3.63) is 76.6 Å². The third kappa shape index (κ3) is 4.78. The fourth-order valence-corrected chi connectivity index (χ4v) is 2.37. The SMILES string of the molecule is CCC(NC(=O)/C=C/c1ccc(F)cc1)c1ccc(C)c(C)c1. The Morgan fingerprint density at radius 3 is 2.43 bits per heavy atom. The molecule has 0 spiro atoms. The molecule has 2 aromatic carbocycles. The molecule has 0 aliphatic carbocycles. The van der Waals surface area contributed by atoms with Gasteiger partial charge in [0.15, 0.2) is 0 Å². The molecule has 2 nitrogen and oxygen atoms in total. The van der Waals surface area contributed by atoms with E-state index < -0.39 is 0 Å². The van der Waals surface area contributed by atoms with Crippen LogP contribution in [-0.4, -0.2) is 5.91 Å². The summed E-state index contributed by atoms with van der Waals surface area (Å²) in [6, 6.07) is 12.3. The lowest BCUT2D eigenvalue weighted by Gasteiger charge is -2.17. The number of rotatable bonds is 5. The van der Waals surface area contributed by atoms with Crippen LogP contribution in [0.2, 0.25) is 0 Å². The van der Waals surface area contributed by atoms with E-state index >= 15 is 0 Å². The van der Waals surface area contributed by atoms with Gasteiger partial charge >= 0.3 is 0 Å². The molecule has 0 aliphatic heterocycles.